The molecule has 6 heteroatoms. The minimum absolute atomic E-state index is 0.00876. The van der Waals surface area contributed by atoms with Gasteiger partial charge in [-0.15, -0.1) is 11.3 Å². The van der Waals surface area contributed by atoms with Crippen molar-refractivity contribution >= 4 is 17.2 Å². The van der Waals surface area contributed by atoms with Gasteiger partial charge in [0.05, 0.1) is 12.2 Å². The Bertz CT molecular complexity index is 700. The second kappa shape index (κ2) is 9.53. The summed E-state index contributed by atoms with van der Waals surface area (Å²) in [6.45, 7) is 7.94. The Labute approximate surface area is 153 Å². The van der Waals surface area contributed by atoms with Crippen LogP contribution in [0, 0.1) is 13.8 Å². The van der Waals surface area contributed by atoms with Crippen molar-refractivity contribution in [3.63, 3.8) is 0 Å². The highest BCUT2D eigenvalue weighted by Gasteiger charge is 2.15. The van der Waals surface area contributed by atoms with Gasteiger partial charge in [0.2, 0.25) is 5.91 Å². The van der Waals surface area contributed by atoms with Crippen molar-refractivity contribution < 1.29 is 14.3 Å². The van der Waals surface area contributed by atoms with Crippen molar-refractivity contribution in [2.75, 3.05) is 20.3 Å². The van der Waals surface area contributed by atoms with Crippen LogP contribution in [0.4, 0.5) is 0 Å². The number of carbonyl (C=O) groups excluding carboxylic acids is 1. The molecule has 2 rings (SSSR count). The average Bonchev–Trinajstić information content (AvgIpc) is 3.03. The Kier molecular flexibility index (Phi) is 7.40. The number of amides is 1. The monoisotopic (exact) mass is 362 g/mol. The summed E-state index contributed by atoms with van der Waals surface area (Å²) >= 11 is 1.56. The number of hydrogen-bond donors (Lipinski definition) is 0. The first-order valence-corrected chi connectivity index (χ1v) is 9.32. The van der Waals surface area contributed by atoms with Crippen LogP contribution in [0.2, 0.25) is 0 Å². The van der Waals surface area contributed by atoms with Crippen molar-refractivity contribution in [2.45, 2.75) is 40.3 Å². The fraction of sp³-hybridized carbons (Fsp3) is 0.474. The molecule has 0 spiro atoms. The molecule has 0 unspecified atom stereocenters. The molecule has 0 aliphatic rings. The number of thiazole rings is 1. The lowest BCUT2D eigenvalue weighted by molar-refractivity contribution is -0.135. The van der Waals surface area contributed by atoms with Gasteiger partial charge in [-0.05, 0) is 37.5 Å². The maximum atomic E-state index is 12.1. The van der Waals surface area contributed by atoms with Crippen LogP contribution in [0.1, 0.15) is 35.2 Å². The highest BCUT2D eigenvalue weighted by atomic mass is 32.1. The second-order valence-electron chi connectivity index (χ2n) is 5.97. The van der Waals surface area contributed by atoms with E-state index in [4.69, 9.17) is 9.47 Å². The molecule has 25 heavy (non-hydrogen) atoms. The van der Waals surface area contributed by atoms with E-state index >= 15 is 0 Å². The van der Waals surface area contributed by atoms with E-state index in [9.17, 15) is 4.79 Å². The molecule has 1 heterocycles. The summed E-state index contributed by atoms with van der Waals surface area (Å²) in [5, 5.41) is 2.90. The summed E-state index contributed by atoms with van der Waals surface area (Å²) in [5.41, 5.74) is 3.25. The molecule has 0 N–H and O–H groups in total. The van der Waals surface area contributed by atoms with Crippen molar-refractivity contribution in [3.05, 3.63) is 45.4 Å². The normalized spacial score (nSPS) is 10.7. The molecule has 0 aliphatic carbocycles. The van der Waals surface area contributed by atoms with Gasteiger partial charge < -0.3 is 14.4 Å². The molecule has 1 aromatic heterocycles. The molecule has 136 valence electrons. The summed E-state index contributed by atoms with van der Waals surface area (Å²) in [6, 6.07) is 6.04. The first-order valence-electron chi connectivity index (χ1n) is 8.44. The maximum absolute atomic E-state index is 12.1. The zero-order valence-electron chi connectivity index (χ0n) is 15.4. The smallest absolute Gasteiger partial charge is 0.248 e. The number of benzene rings is 1. The Hall–Kier alpha value is -1.92. The lowest BCUT2D eigenvalue weighted by Crippen LogP contribution is -2.34. The number of ether oxygens (including phenoxy) is 2. The Morgan fingerprint density at radius 1 is 1.32 bits per heavy atom. The van der Waals surface area contributed by atoms with Gasteiger partial charge in [-0.2, -0.15) is 0 Å². The predicted molar refractivity (Wildman–Crippen MR) is 99.9 cm³/mol. The van der Waals surface area contributed by atoms with Gasteiger partial charge >= 0.3 is 0 Å². The highest BCUT2D eigenvalue weighted by Crippen LogP contribution is 2.22. The number of methoxy groups -OCH3 is 1. The Morgan fingerprint density at radius 3 is 2.84 bits per heavy atom. The minimum Gasteiger partial charge on any atom is -0.486 e. The van der Waals surface area contributed by atoms with Crippen LogP contribution < -0.4 is 4.74 Å². The number of carbonyl (C=O) groups is 1. The van der Waals surface area contributed by atoms with Gasteiger partial charge in [-0.25, -0.2) is 4.98 Å². The van der Waals surface area contributed by atoms with Gasteiger partial charge in [-0.3, -0.25) is 4.79 Å². The second-order valence-corrected chi connectivity index (χ2v) is 6.91. The van der Waals surface area contributed by atoms with Crippen LogP contribution in [0.15, 0.2) is 23.6 Å². The van der Waals surface area contributed by atoms with E-state index in [0.717, 1.165) is 28.4 Å². The molecule has 5 nitrogen and oxygen atoms in total. The molecule has 0 bridgehead atoms. The van der Waals surface area contributed by atoms with Crippen LogP contribution in [0.5, 0.6) is 5.75 Å². The first kappa shape index (κ1) is 19.4. The third-order valence-electron chi connectivity index (χ3n) is 3.97. The molecule has 0 fully saturated rings. The first-order chi connectivity index (χ1) is 12.0. The predicted octanol–water partition coefficient (Wildman–Crippen LogP) is 3.72. The SMILES string of the molecule is CCCN(Cc1csc(COc2cccc(C)c2C)n1)C(=O)COC. The van der Waals surface area contributed by atoms with Gasteiger partial charge in [0.25, 0.3) is 0 Å². The fourth-order valence-corrected chi connectivity index (χ4v) is 3.18. The van der Waals surface area contributed by atoms with Crippen LogP contribution in [0.25, 0.3) is 0 Å². The van der Waals surface area contributed by atoms with E-state index in [1.165, 1.54) is 12.7 Å². The van der Waals surface area contributed by atoms with Crippen LogP contribution in [-0.2, 0) is 22.7 Å². The fourth-order valence-electron chi connectivity index (χ4n) is 2.48. The Morgan fingerprint density at radius 2 is 2.12 bits per heavy atom. The van der Waals surface area contributed by atoms with E-state index in [2.05, 4.69) is 31.8 Å². The van der Waals surface area contributed by atoms with Gasteiger partial charge in [-0.1, -0.05) is 19.1 Å². The van der Waals surface area contributed by atoms with Crippen LogP contribution >= 0.6 is 11.3 Å². The highest BCUT2D eigenvalue weighted by molar-refractivity contribution is 7.09. The molecular formula is C19H26N2O3S. The third kappa shape index (κ3) is 5.54. The molecular weight excluding hydrogens is 336 g/mol. The molecule has 1 aromatic carbocycles. The standard InChI is InChI=1S/C19H26N2O3S/c1-5-9-21(19(22)12-23-4)10-16-13-25-18(20-16)11-24-17-8-6-7-14(2)15(17)3/h6-8,13H,5,9-12H2,1-4H3. The lowest BCUT2D eigenvalue weighted by Gasteiger charge is -2.20. The molecule has 2 aromatic rings. The number of hydrogen-bond acceptors (Lipinski definition) is 5. The van der Waals surface area contributed by atoms with Crippen LogP contribution in [-0.4, -0.2) is 36.1 Å². The average molecular weight is 362 g/mol. The van der Waals surface area contributed by atoms with Crippen molar-refractivity contribution in [3.8, 4) is 5.75 Å². The zero-order valence-corrected chi connectivity index (χ0v) is 16.2. The van der Waals surface area contributed by atoms with E-state index in [1.807, 2.05) is 17.5 Å². The quantitative estimate of drug-likeness (QED) is 0.682. The lowest BCUT2D eigenvalue weighted by atomic mass is 10.1. The minimum atomic E-state index is -0.00876. The summed E-state index contributed by atoms with van der Waals surface area (Å²) in [5.74, 6) is 0.880. The molecule has 0 saturated heterocycles. The molecule has 1 amide bonds. The van der Waals surface area contributed by atoms with E-state index < -0.39 is 0 Å². The molecule has 0 atom stereocenters. The summed E-state index contributed by atoms with van der Waals surface area (Å²) in [7, 11) is 1.54. The van der Waals surface area contributed by atoms with Crippen LogP contribution in [0.3, 0.4) is 0 Å². The van der Waals surface area contributed by atoms with Crippen molar-refractivity contribution in [2.24, 2.45) is 0 Å². The molecule has 0 aliphatic heterocycles. The molecule has 0 radical (unpaired) electrons. The number of aromatic nitrogens is 1. The topological polar surface area (TPSA) is 51.7 Å². The summed E-state index contributed by atoms with van der Waals surface area (Å²) in [6.07, 6.45) is 0.905. The van der Waals surface area contributed by atoms with E-state index in [1.54, 1.807) is 16.2 Å². The van der Waals surface area contributed by atoms with Gasteiger partial charge in [0.1, 0.15) is 24.0 Å². The largest absolute Gasteiger partial charge is 0.486 e. The third-order valence-corrected chi connectivity index (χ3v) is 4.84. The summed E-state index contributed by atoms with van der Waals surface area (Å²) in [4.78, 5) is 18.5. The zero-order chi connectivity index (χ0) is 18.2. The van der Waals surface area contributed by atoms with Gasteiger partial charge in [0.15, 0.2) is 0 Å². The van der Waals surface area contributed by atoms with Gasteiger partial charge in [0, 0.05) is 19.0 Å². The van der Waals surface area contributed by atoms with E-state index in [-0.39, 0.29) is 12.5 Å². The molecule has 0 saturated carbocycles. The number of rotatable bonds is 9. The summed E-state index contributed by atoms with van der Waals surface area (Å²) < 4.78 is 10.9. The number of nitrogens with zero attached hydrogens (tertiary/aromatic N) is 2. The number of aryl methyl sites for hydroxylation is 1. The Balaban J connectivity index is 1.96. The van der Waals surface area contributed by atoms with Crippen molar-refractivity contribution in [1.29, 1.82) is 0 Å². The van der Waals surface area contributed by atoms with E-state index in [0.29, 0.717) is 19.7 Å². The maximum Gasteiger partial charge on any atom is 0.248 e. The van der Waals surface area contributed by atoms with Crippen molar-refractivity contribution in [1.82, 2.24) is 9.88 Å².